The molecule has 1 fully saturated rings. The fourth-order valence-electron chi connectivity index (χ4n) is 2.47. The van der Waals surface area contributed by atoms with Crippen molar-refractivity contribution >= 4 is 0 Å². The van der Waals surface area contributed by atoms with Crippen molar-refractivity contribution in [2.45, 2.75) is 39.5 Å². The van der Waals surface area contributed by atoms with Crippen LogP contribution in [0.4, 0.5) is 0 Å². The molecule has 2 rings (SSSR count). The van der Waals surface area contributed by atoms with Crippen LogP contribution in [-0.4, -0.2) is 48.5 Å². The van der Waals surface area contributed by atoms with Gasteiger partial charge in [0.05, 0.1) is 13.2 Å². The maximum absolute atomic E-state index is 9.38. The number of morpholine rings is 1. The fraction of sp³-hybridized carbons (Fsp3) is 0.625. The van der Waals surface area contributed by atoms with Crippen molar-refractivity contribution in [3.05, 3.63) is 29.3 Å². The van der Waals surface area contributed by atoms with Crippen LogP contribution in [0.3, 0.4) is 0 Å². The van der Waals surface area contributed by atoms with Gasteiger partial charge in [-0.15, -0.1) is 0 Å². The second-order valence-electron chi connectivity index (χ2n) is 5.66. The van der Waals surface area contributed by atoms with E-state index in [0.717, 1.165) is 36.6 Å². The van der Waals surface area contributed by atoms with Crippen LogP contribution in [0.1, 0.15) is 25.0 Å². The molecule has 0 radical (unpaired) electrons. The van der Waals surface area contributed by atoms with E-state index in [1.54, 1.807) is 0 Å². The summed E-state index contributed by atoms with van der Waals surface area (Å²) in [6.07, 6.45) is 0.0963. The van der Waals surface area contributed by atoms with E-state index in [9.17, 15) is 5.11 Å². The monoisotopic (exact) mass is 279 g/mol. The molecule has 4 nitrogen and oxygen atoms in total. The van der Waals surface area contributed by atoms with Crippen molar-refractivity contribution in [1.82, 2.24) is 4.90 Å². The molecule has 1 atom stereocenters. The average molecular weight is 279 g/mol. The van der Waals surface area contributed by atoms with Gasteiger partial charge in [0.15, 0.2) is 0 Å². The third-order valence-corrected chi connectivity index (χ3v) is 3.71. The van der Waals surface area contributed by atoms with E-state index in [-0.39, 0.29) is 12.7 Å². The van der Waals surface area contributed by atoms with Gasteiger partial charge in [0.1, 0.15) is 18.5 Å². The fourth-order valence-corrected chi connectivity index (χ4v) is 2.47. The average Bonchev–Trinajstić information content (AvgIpc) is 2.46. The lowest BCUT2D eigenvalue weighted by Gasteiger charge is -2.35. The summed E-state index contributed by atoms with van der Waals surface area (Å²) in [5, 5.41) is 9.38. The lowest BCUT2D eigenvalue weighted by Crippen LogP contribution is -2.47. The molecule has 4 heteroatoms. The number of nitrogens with zero attached hydrogens (tertiary/aromatic N) is 1. The normalized spacial score (nSPS) is 20.4. The molecule has 0 bridgehead atoms. The Morgan fingerprint density at radius 2 is 2.25 bits per heavy atom. The number of benzene rings is 1. The van der Waals surface area contributed by atoms with Gasteiger partial charge in [0, 0.05) is 24.7 Å². The first-order chi connectivity index (χ1) is 9.60. The smallest absolute Gasteiger partial charge is 0.124 e. The van der Waals surface area contributed by atoms with E-state index in [1.165, 1.54) is 0 Å². The molecule has 1 saturated heterocycles. The van der Waals surface area contributed by atoms with Gasteiger partial charge < -0.3 is 14.6 Å². The van der Waals surface area contributed by atoms with E-state index in [1.807, 2.05) is 25.1 Å². The van der Waals surface area contributed by atoms with Gasteiger partial charge in [0.25, 0.3) is 0 Å². The first kappa shape index (κ1) is 15.3. The molecule has 1 heterocycles. The first-order valence-corrected chi connectivity index (χ1v) is 7.29. The third-order valence-electron chi connectivity index (χ3n) is 3.71. The highest BCUT2D eigenvalue weighted by molar-refractivity contribution is 5.36. The number of aliphatic hydroxyl groups excluding tert-OH is 1. The van der Waals surface area contributed by atoms with Crippen molar-refractivity contribution in [3.8, 4) is 5.75 Å². The Labute approximate surface area is 121 Å². The number of hydrogen-bond acceptors (Lipinski definition) is 4. The minimum absolute atomic E-state index is 0.000651. The van der Waals surface area contributed by atoms with Crippen LogP contribution < -0.4 is 4.74 Å². The van der Waals surface area contributed by atoms with Crippen molar-refractivity contribution in [1.29, 1.82) is 0 Å². The molecule has 112 valence electrons. The predicted octanol–water partition coefficient (Wildman–Crippen LogP) is 1.98. The minimum Gasteiger partial charge on any atom is -0.490 e. The van der Waals surface area contributed by atoms with Crippen molar-refractivity contribution in [3.63, 3.8) is 0 Å². The molecule has 1 aliphatic rings. The Balaban J connectivity index is 1.91. The van der Waals surface area contributed by atoms with Crippen LogP contribution >= 0.6 is 0 Å². The standard InChI is InChI=1S/C16H25NO3/c1-12(2)17-6-7-19-15(9-17)11-20-16-5-4-13(3)8-14(16)10-18/h4-5,8,12,15,18H,6-7,9-11H2,1-3H3. The molecule has 1 aromatic rings. The second-order valence-corrected chi connectivity index (χ2v) is 5.66. The molecule has 1 aliphatic heterocycles. The van der Waals surface area contributed by atoms with Gasteiger partial charge in [0.2, 0.25) is 0 Å². The zero-order valence-electron chi connectivity index (χ0n) is 12.6. The SMILES string of the molecule is Cc1ccc(OCC2CN(C(C)C)CCO2)c(CO)c1. The van der Waals surface area contributed by atoms with E-state index >= 15 is 0 Å². The summed E-state index contributed by atoms with van der Waals surface area (Å²) in [6, 6.07) is 6.41. The third kappa shape index (κ3) is 3.95. The number of hydrogen-bond donors (Lipinski definition) is 1. The molecule has 1 N–H and O–H groups in total. The molecule has 1 aromatic carbocycles. The van der Waals surface area contributed by atoms with Crippen LogP contribution in [0.15, 0.2) is 18.2 Å². The summed E-state index contributed by atoms with van der Waals surface area (Å²) in [5.74, 6) is 0.753. The summed E-state index contributed by atoms with van der Waals surface area (Å²) < 4.78 is 11.6. The maximum Gasteiger partial charge on any atom is 0.124 e. The van der Waals surface area contributed by atoms with Crippen molar-refractivity contribution < 1.29 is 14.6 Å². The Hall–Kier alpha value is -1.10. The van der Waals surface area contributed by atoms with Gasteiger partial charge in [-0.05, 0) is 26.8 Å². The maximum atomic E-state index is 9.38. The summed E-state index contributed by atoms with van der Waals surface area (Å²) in [5.41, 5.74) is 1.96. The first-order valence-electron chi connectivity index (χ1n) is 7.29. The predicted molar refractivity (Wildman–Crippen MR) is 79.0 cm³/mol. The highest BCUT2D eigenvalue weighted by Crippen LogP contribution is 2.21. The Bertz CT molecular complexity index is 434. The number of rotatable bonds is 5. The number of aliphatic hydroxyl groups is 1. The summed E-state index contributed by atoms with van der Waals surface area (Å²) in [7, 11) is 0. The van der Waals surface area contributed by atoms with Gasteiger partial charge in [-0.1, -0.05) is 17.7 Å². The molecule has 0 spiro atoms. The Morgan fingerprint density at radius 3 is 2.95 bits per heavy atom. The van der Waals surface area contributed by atoms with E-state index in [2.05, 4.69) is 18.7 Å². The zero-order chi connectivity index (χ0) is 14.5. The topological polar surface area (TPSA) is 41.9 Å². The van der Waals surface area contributed by atoms with E-state index in [4.69, 9.17) is 9.47 Å². The molecule has 0 saturated carbocycles. The van der Waals surface area contributed by atoms with Gasteiger partial charge in [-0.25, -0.2) is 0 Å². The molecule has 0 aromatic heterocycles. The van der Waals surface area contributed by atoms with Crippen molar-refractivity contribution in [2.24, 2.45) is 0 Å². The molecular weight excluding hydrogens is 254 g/mol. The summed E-state index contributed by atoms with van der Waals surface area (Å²) in [4.78, 5) is 2.40. The van der Waals surface area contributed by atoms with Crippen LogP contribution in [0.2, 0.25) is 0 Å². The Morgan fingerprint density at radius 1 is 1.45 bits per heavy atom. The molecule has 0 aliphatic carbocycles. The summed E-state index contributed by atoms with van der Waals surface area (Å²) >= 11 is 0. The lowest BCUT2D eigenvalue weighted by molar-refractivity contribution is -0.0566. The minimum atomic E-state index is 0.000651. The van der Waals surface area contributed by atoms with Gasteiger partial charge in [-0.3, -0.25) is 4.90 Å². The van der Waals surface area contributed by atoms with Crippen molar-refractivity contribution in [2.75, 3.05) is 26.3 Å². The van der Waals surface area contributed by atoms with Crippen LogP contribution in [0.5, 0.6) is 5.75 Å². The lowest BCUT2D eigenvalue weighted by atomic mass is 10.1. The molecule has 20 heavy (non-hydrogen) atoms. The molecule has 1 unspecified atom stereocenters. The van der Waals surface area contributed by atoms with Crippen LogP contribution in [-0.2, 0) is 11.3 Å². The number of aryl methyl sites for hydroxylation is 1. The van der Waals surface area contributed by atoms with Gasteiger partial charge >= 0.3 is 0 Å². The highest BCUT2D eigenvalue weighted by atomic mass is 16.5. The molecular formula is C16H25NO3. The largest absolute Gasteiger partial charge is 0.490 e. The summed E-state index contributed by atoms with van der Waals surface area (Å²) in [6.45, 7) is 9.58. The zero-order valence-corrected chi connectivity index (χ0v) is 12.6. The van der Waals surface area contributed by atoms with Crippen LogP contribution in [0, 0.1) is 6.92 Å². The van der Waals surface area contributed by atoms with E-state index in [0.29, 0.717) is 12.6 Å². The van der Waals surface area contributed by atoms with Gasteiger partial charge in [-0.2, -0.15) is 0 Å². The Kier molecular flexibility index (Phi) is 5.40. The van der Waals surface area contributed by atoms with E-state index < -0.39 is 0 Å². The number of ether oxygens (including phenoxy) is 2. The molecule has 0 amide bonds. The highest BCUT2D eigenvalue weighted by Gasteiger charge is 2.22. The quantitative estimate of drug-likeness (QED) is 0.895. The second kappa shape index (κ2) is 7.07. The van der Waals surface area contributed by atoms with Crippen LogP contribution in [0.25, 0.3) is 0 Å².